The van der Waals surface area contributed by atoms with Gasteiger partial charge in [-0.25, -0.2) is 14.4 Å². The minimum absolute atomic E-state index is 0.000178. The van der Waals surface area contributed by atoms with Gasteiger partial charge in [0.25, 0.3) is 11.8 Å². The van der Waals surface area contributed by atoms with E-state index in [4.69, 9.17) is 37.3 Å². The smallest absolute Gasteiger partial charge is 0.411 e. The van der Waals surface area contributed by atoms with E-state index in [0.29, 0.717) is 48.7 Å². The molecule has 23 nitrogen and oxygen atoms in total. The summed E-state index contributed by atoms with van der Waals surface area (Å²) in [5.74, 6) is -1.60. The van der Waals surface area contributed by atoms with Crippen molar-refractivity contribution in [2.75, 3.05) is 69.2 Å². The van der Waals surface area contributed by atoms with Gasteiger partial charge in [-0.2, -0.15) is 0 Å². The molecule has 6 aromatic rings. The Bertz CT molecular complexity index is 4130. The van der Waals surface area contributed by atoms with Crippen LogP contribution in [0.2, 0.25) is 36.3 Å². The van der Waals surface area contributed by atoms with Gasteiger partial charge in [0.05, 0.1) is 62.0 Å². The third kappa shape index (κ3) is 19.5. The number of anilines is 3. The van der Waals surface area contributed by atoms with Crippen molar-refractivity contribution in [3.63, 3.8) is 0 Å². The summed E-state index contributed by atoms with van der Waals surface area (Å²) in [4.78, 5) is 102. The second-order valence-corrected chi connectivity index (χ2v) is 40.3. The third-order valence-electron chi connectivity index (χ3n) is 21.0. The van der Waals surface area contributed by atoms with Crippen LogP contribution < -0.4 is 45.1 Å². The molecule has 25 heteroatoms. The molecule has 2 saturated heterocycles. The molecule has 4 atom stereocenters. The zero-order valence-corrected chi connectivity index (χ0v) is 65.9. The van der Waals surface area contributed by atoms with E-state index in [1.54, 1.807) is 61.2 Å². The molecular formula is C81H105N7O16Si2. The number of benzene rings is 6. The first-order chi connectivity index (χ1) is 50.2. The lowest BCUT2D eigenvalue weighted by Crippen LogP contribution is -2.53. The van der Waals surface area contributed by atoms with Crippen LogP contribution in [0.15, 0.2) is 134 Å². The maximum atomic E-state index is 15.3. The van der Waals surface area contributed by atoms with Crippen molar-refractivity contribution in [2.24, 2.45) is 5.92 Å². The Morgan fingerprint density at radius 3 is 1.62 bits per heavy atom. The van der Waals surface area contributed by atoms with Gasteiger partial charge in [-0.1, -0.05) is 147 Å². The average Bonchev–Trinajstić information content (AvgIpc) is 1.61. The second-order valence-electron chi connectivity index (χ2n) is 30.7. The molecule has 5 N–H and O–H groups in total. The summed E-state index contributed by atoms with van der Waals surface area (Å²) in [6, 6.07) is 33.9. The van der Waals surface area contributed by atoms with Crippen LogP contribution in [-0.2, 0) is 47.7 Å². The standard InChI is InChI=1S/C81H105N7O16Si2/c1-17-39-99-78(94)85-72(51(2)3)74(90)82-52(4)73(89)83-56-35-33-53(34-36-56)46-102-77(93)84-66-43-70(68(97-11)41-63(66)75(91)86-37-23-27-57(86)49-103-105(13,14)80(5,6)7)100-47-54-25-22-26-55(40-54)48-101-71-44-67(88(79(95)96)45-65-61-31-20-18-29-59(61)60-30-19-21-32-62(60)65)64(42-69(71)98-12)76(92)87-38-24-28-58(87)50-104-106(15,16)81(8,9)10/h17-22,25-26,29-36,40-44,51-52,57-58,65,72H,1,23-24,27-28,37-39,45-50H2,2-16H3,(H,82,90)(H,83,89)(H,84,93)(H,85,94)(H,95,96). The molecule has 1 aliphatic carbocycles. The van der Waals surface area contributed by atoms with Crippen molar-refractivity contribution in [3.05, 3.63) is 173 Å². The first-order valence-electron chi connectivity index (χ1n) is 36.3. The number of carbonyl (C=O) groups excluding carboxylic acids is 6. The van der Waals surface area contributed by atoms with E-state index >= 15 is 4.79 Å². The molecule has 0 aromatic heterocycles. The number of carbonyl (C=O) groups is 7. The van der Waals surface area contributed by atoms with E-state index in [9.17, 15) is 33.9 Å². The zero-order chi connectivity index (χ0) is 77.0. The average molecular weight is 1490 g/mol. The van der Waals surface area contributed by atoms with E-state index < -0.39 is 58.8 Å². The molecule has 2 fully saturated rings. The summed E-state index contributed by atoms with van der Waals surface area (Å²) < 4.78 is 49.2. The van der Waals surface area contributed by atoms with Crippen LogP contribution in [0.5, 0.6) is 23.0 Å². The molecule has 2 heterocycles. The van der Waals surface area contributed by atoms with Crippen LogP contribution in [-0.4, -0.2) is 151 Å². The summed E-state index contributed by atoms with van der Waals surface area (Å²) in [5.41, 5.74) is 6.94. The fourth-order valence-electron chi connectivity index (χ4n) is 12.7. The number of rotatable bonds is 30. The summed E-state index contributed by atoms with van der Waals surface area (Å²) in [6.45, 7) is 31.7. The van der Waals surface area contributed by atoms with E-state index in [1.165, 1.54) is 38.2 Å². The highest BCUT2D eigenvalue weighted by atomic mass is 28.4. The van der Waals surface area contributed by atoms with Gasteiger partial charge in [0, 0.05) is 43.4 Å². The monoisotopic (exact) mass is 1490 g/mol. The molecular weight excluding hydrogens is 1380 g/mol. The molecule has 0 spiro atoms. The van der Waals surface area contributed by atoms with Gasteiger partial charge < -0.3 is 68.1 Å². The van der Waals surface area contributed by atoms with E-state index in [2.05, 4.69) is 95.6 Å². The highest BCUT2D eigenvalue weighted by Gasteiger charge is 2.43. The topological polar surface area (TPSA) is 271 Å². The van der Waals surface area contributed by atoms with Crippen LogP contribution in [0.25, 0.3) is 11.1 Å². The molecule has 106 heavy (non-hydrogen) atoms. The molecule has 2 aliphatic heterocycles. The molecule has 568 valence electrons. The zero-order valence-electron chi connectivity index (χ0n) is 63.9. The van der Waals surface area contributed by atoms with Crippen LogP contribution in [0, 0.1) is 5.92 Å². The maximum absolute atomic E-state index is 15.3. The lowest BCUT2D eigenvalue weighted by molar-refractivity contribution is -0.128. The summed E-state index contributed by atoms with van der Waals surface area (Å²) in [6.07, 6.45) is 1.45. The highest BCUT2D eigenvalue weighted by Crippen LogP contribution is 2.47. The van der Waals surface area contributed by atoms with E-state index in [0.717, 1.165) is 47.9 Å². The van der Waals surface area contributed by atoms with Gasteiger partial charge in [0.1, 0.15) is 38.5 Å². The van der Waals surface area contributed by atoms with Gasteiger partial charge in [-0.3, -0.25) is 29.4 Å². The van der Waals surface area contributed by atoms with Crippen molar-refractivity contribution < 1.29 is 75.9 Å². The van der Waals surface area contributed by atoms with Crippen molar-refractivity contribution in [1.82, 2.24) is 20.4 Å². The normalized spacial score (nSPS) is 15.7. The minimum Gasteiger partial charge on any atom is -0.493 e. The number of carboxylic acid groups (broad SMARTS) is 1. The van der Waals surface area contributed by atoms with Gasteiger partial charge >= 0.3 is 18.3 Å². The lowest BCUT2D eigenvalue weighted by Gasteiger charge is -2.38. The number of hydrogen-bond donors (Lipinski definition) is 5. The van der Waals surface area contributed by atoms with Crippen LogP contribution >= 0.6 is 0 Å². The Morgan fingerprint density at radius 2 is 1.11 bits per heavy atom. The number of methoxy groups -OCH3 is 2. The van der Waals surface area contributed by atoms with E-state index in [1.807, 2.05) is 77.7 Å². The number of nitrogens with zero attached hydrogens (tertiary/aromatic N) is 3. The SMILES string of the molecule is C=CCOC(=O)NC(C(=O)NC(C)C(=O)Nc1ccc(COC(=O)Nc2cc(OCc3cccc(COc4cc(N(CC5c6ccccc6-c6ccccc65)C(=O)O)c(C(=O)N5CCCC5CO[Si](C)(C)C(C)(C)C)cc4OC)c3)c(OC)cc2C(=O)N2CCCC2CO[Si](C)(C)C(C)(C)C)cc1)C(C)C. The molecule has 4 unspecified atom stereocenters. The summed E-state index contributed by atoms with van der Waals surface area (Å²) in [7, 11) is -1.46. The van der Waals surface area contributed by atoms with Crippen LogP contribution in [0.1, 0.15) is 142 Å². The fraction of sp³-hybridized carbons (Fsp3) is 0.444. The molecule has 0 saturated carbocycles. The predicted molar refractivity (Wildman–Crippen MR) is 414 cm³/mol. The number of hydrogen-bond acceptors (Lipinski definition) is 15. The number of likely N-dealkylation sites (tertiary alicyclic amines) is 2. The Hall–Kier alpha value is -9.70. The van der Waals surface area contributed by atoms with Crippen molar-refractivity contribution >= 4 is 75.6 Å². The largest absolute Gasteiger partial charge is 0.493 e. The molecule has 9 rings (SSSR count). The van der Waals surface area contributed by atoms with Gasteiger partial charge in [0.2, 0.25) is 11.8 Å². The first-order valence-corrected chi connectivity index (χ1v) is 42.1. The van der Waals surface area contributed by atoms with Crippen molar-refractivity contribution in [3.8, 4) is 34.1 Å². The van der Waals surface area contributed by atoms with Gasteiger partial charge in [0.15, 0.2) is 39.6 Å². The third-order valence-corrected chi connectivity index (χ3v) is 30.0. The molecule has 0 radical (unpaired) electrons. The summed E-state index contributed by atoms with van der Waals surface area (Å²) >= 11 is 0. The number of nitrogens with one attached hydrogen (secondary N) is 4. The minimum atomic E-state index is -2.20. The molecule has 0 bridgehead atoms. The Kier molecular flexibility index (Phi) is 26.3. The van der Waals surface area contributed by atoms with Crippen molar-refractivity contribution in [1.29, 1.82) is 0 Å². The van der Waals surface area contributed by atoms with Gasteiger partial charge in [-0.15, -0.1) is 0 Å². The Morgan fingerprint density at radius 1 is 0.594 bits per heavy atom. The van der Waals surface area contributed by atoms with Crippen LogP contribution in [0.3, 0.4) is 0 Å². The summed E-state index contributed by atoms with van der Waals surface area (Å²) in [5, 5.41) is 22.0. The first kappa shape index (κ1) is 80.4. The number of fused-ring (bicyclic) bond motifs is 3. The fourth-order valence-corrected chi connectivity index (χ4v) is 14.8. The Labute approximate surface area is 625 Å². The highest BCUT2D eigenvalue weighted by molar-refractivity contribution is 6.74. The van der Waals surface area contributed by atoms with Crippen molar-refractivity contribution in [2.45, 2.75) is 174 Å². The quantitative estimate of drug-likeness (QED) is 0.0207. The van der Waals surface area contributed by atoms with Crippen LogP contribution in [0.4, 0.5) is 31.4 Å². The molecule has 6 aromatic carbocycles. The lowest BCUT2D eigenvalue weighted by atomic mass is 9.95. The Balaban J connectivity index is 0.940. The van der Waals surface area contributed by atoms with Gasteiger partial charge in [-0.05, 0) is 144 Å². The maximum Gasteiger partial charge on any atom is 0.411 e. The van der Waals surface area contributed by atoms with E-state index in [-0.39, 0.29) is 124 Å². The number of ether oxygens (including phenoxy) is 6. The number of alkyl carbamates (subject to hydrolysis) is 1. The number of amides is 7. The predicted octanol–water partition coefficient (Wildman–Crippen LogP) is 15.5. The molecule has 3 aliphatic rings. The second kappa shape index (κ2) is 34.7. The molecule has 7 amide bonds.